The van der Waals surface area contributed by atoms with E-state index in [1.54, 1.807) is 7.11 Å². The molecule has 1 amide bonds. The van der Waals surface area contributed by atoms with Gasteiger partial charge < -0.3 is 20.1 Å². The fourth-order valence-corrected chi connectivity index (χ4v) is 3.44. The maximum atomic E-state index is 12.6. The van der Waals surface area contributed by atoms with Crippen LogP contribution in [0.1, 0.15) is 33.8 Å². The maximum Gasteiger partial charge on any atom is 0.267 e. The number of methoxy groups -OCH3 is 1. The number of nitrogens with zero attached hydrogens (tertiary/aromatic N) is 1. The number of amides is 1. The third-order valence-corrected chi connectivity index (χ3v) is 4.69. The van der Waals surface area contributed by atoms with Crippen LogP contribution in [0.25, 0.3) is 0 Å². The molecule has 0 aliphatic carbocycles. The van der Waals surface area contributed by atoms with Crippen LogP contribution in [0.3, 0.4) is 0 Å². The number of aryl methyl sites for hydroxylation is 1. The highest BCUT2D eigenvalue weighted by Crippen LogP contribution is 2.30. The molecular formula is C15H24N2O3S. The molecule has 1 fully saturated rings. The van der Waals surface area contributed by atoms with Gasteiger partial charge in [0, 0.05) is 24.6 Å². The monoisotopic (exact) mass is 312 g/mol. The topological polar surface area (TPSA) is 64.8 Å². The van der Waals surface area contributed by atoms with Crippen LogP contribution in [0.15, 0.2) is 6.07 Å². The van der Waals surface area contributed by atoms with Gasteiger partial charge in [-0.1, -0.05) is 0 Å². The van der Waals surface area contributed by atoms with Gasteiger partial charge in [-0.15, -0.1) is 11.3 Å². The lowest BCUT2D eigenvalue weighted by atomic mass is 10.1. The molecule has 0 aromatic carbocycles. The summed E-state index contributed by atoms with van der Waals surface area (Å²) in [6.45, 7) is 4.85. The van der Waals surface area contributed by atoms with E-state index in [9.17, 15) is 4.79 Å². The summed E-state index contributed by atoms with van der Waals surface area (Å²) in [4.78, 5) is 16.3. The average molecular weight is 312 g/mol. The summed E-state index contributed by atoms with van der Waals surface area (Å²) in [6.07, 6.45) is 2.93. The Kier molecular flexibility index (Phi) is 6.02. The van der Waals surface area contributed by atoms with Crippen molar-refractivity contribution in [2.24, 2.45) is 5.73 Å². The summed E-state index contributed by atoms with van der Waals surface area (Å²) in [6, 6.07) is 1.92. The third kappa shape index (κ3) is 4.18. The zero-order valence-electron chi connectivity index (χ0n) is 12.8. The van der Waals surface area contributed by atoms with Crippen molar-refractivity contribution in [2.75, 3.05) is 33.4 Å². The lowest BCUT2D eigenvalue weighted by Crippen LogP contribution is -2.40. The number of carbonyl (C=O) groups is 1. The molecule has 118 valence electrons. The molecule has 0 spiro atoms. The third-order valence-electron chi connectivity index (χ3n) is 3.67. The molecule has 1 aromatic heterocycles. The Morgan fingerprint density at radius 1 is 1.48 bits per heavy atom. The quantitative estimate of drug-likeness (QED) is 0.816. The number of hydrogen-bond acceptors (Lipinski definition) is 5. The van der Waals surface area contributed by atoms with Crippen molar-refractivity contribution in [3.8, 4) is 5.75 Å². The number of ether oxygens (including phenoxy) is 2. The van der Waals surface area contributed by atoms with Crippen LogP contribution in [-0.4, -0.2) is 50.3 Å². The lowest BCUT2D eigenvalue weighted by Gasteiger charge is -2.31. The zero-order valence-corrected chi connectivity index (χ0v) is 13.6. The zero-order chi connectivity index (χ0) is 15.2. The highest BCUT2D eigenvalue weighted by atomic mass is 32.1. The van der Waals surface area contributed by atoms with E-state index in [0.717, 1.165) is 37.2 Å². The minimum Gasteiger partial charge on any atom is -0.495 e. The van der Waals surface area contributed by atoms with Crippen molar-refractivity contribution in [3.63, 3.8) is 0 Å². The number of thiophene rings is 1. The van der Waals surface area contributed by atoms with E-state index in [1.165, 1.54) is 11.3 Å². The molecule has 0 saturated carbocycles. The van der Waals surface area contributed by atoms with Crippen LogP contribution in [0.2, 0.25) is 0 Å². The number of rotatable bonds is 6. The molecule has 0 unspecified atom stereocenters. The SMILES string of the molecule is COc1cc(C)sc1C(=O)N1CCC(OCCCN)CC1. The molecule has 0 radical (unpaired) electrons. The molecule has 2 N–H and O–H groups in total. The normalized spacial score (nSPS) is 16.2. The van der Waals surface area contributed by atoms with Crippen molar-refractivity contribution < 1.29 is 14.3 Å². The van der Waals surface area contributed by atoms with E-state index >= 15 is 0 Å². The van der Waals surface area contributed by atoms with Gasteiger partial charge in [0.15, 0.2) is 0 Å². The molecule has 2 heterocycles. The summed E-state index contributed by atoms with van der Waals surface area (Å²) in [5.41, 5.74) is 5.46. The Morgan fingerprint density at radius 2 is 2.19 bits per heavy atom. The van der Waals surface area contributed by atoms with Gasteiger partial charge in [-0.05, 0) is 38.8 Å². The van der Waals surface area contributed by atoms with E-state index in [-0.39, 0.29) is 12.0 Å². The van der Waals surface area contributed by atoms with Gasteiger partial charge in [0.1, 0.15) is 10.6 Å². The molecule has 21 heavy (non-hydrogen) atoms. The summed E-state index contributed by atoms with van der Waals surface area (Å²) in [5.74, 6) is 0.758. The van der Waals surface area contributed by atoms with Crippen LogP contribution in [0.4, 0.5) is 0 Å². The minimum atomic E-state index is 0.0744. The van der Waals surface area contributed by atoms with Gasteiger partial charge in [0.05, 0.1) is 13.2 Å². The minimum absolute atomic E-state index is 0.0744. The summed E-state index contributed by atoms with van der Waals surface area (Å²) in [7, 11) is 1.61. The Bertz CT molecular complexity index is 467. The number of nitrogens with two attached hydrogens (primary N) is 1. The second-order valence-electron chi connectivity index (χ2n) is 5.26. The van der Waals surface area contributed by atoms with E-state index in [1.807, 2.05) is 17.9 Å². The first-order valence-electron chi connectivity index (χ1n) is 7.41. The van der Waals surface area contributed by atoms with Gasteiger partial charge >= 0.3 is 0 Å². The van der Waals surface area contributed by atoms with Crippen molar-refractivity contribution in [3.05, 3.63) is 15.8 Å². The molecule has 6 heteroatoms. The molecule has 2 rings (SSSR count). The molecule has 5 nitrogen and oxygen atoms in total. The molecular weight excluding hydrogens is 288 g/mol. The number of carbonyl (C=O) groups excluding carboxylic acids is 1. The predicted molar refractivity (Wildman–Crippen MR) is 84.2 cm³/mol. The molecule has 0 atom stereocenters. The predicted octanol–water partition coefficient (Wildman–Crippen LogP) is 2.04. The Hall–Kier alpha value is -1.11. The number of likely N-dealkylation sites (tertiary alicyclic amines) is 1. The molecule has 1 aromatic rings. The van der Waals surface area contributed by atoms with Crippen molar-refractivity contribution in [1.29, 1.82) is 0 Å². The maximum absolute atomic E-state index is 12.6. The molecule has 0 bridgehead atoms. The fourth-order valence-electron chi connectivity index (χ4n) is 2.49. The second-order valence-corrected chi connectivity index (χ2v) is 6.52. The van der Waals surface area contributed by atoms with Crippen molar-refractivity contribution >= 4 is 17.2 Å². The highest BCUT2D eigenvalue weighted by Gasteiger charge is 2.27. The summed E-state index contributed by atoms with van der Waals surface area (Å²) < 4.78 is 11.1. The van der Waals surface area contributed by atoms with Crippen LogP contribution in [-0.2, 0) is 4.74 Å². The lowest BCUT2D eigenvalue weighted by molar-refractivity contribution is 0.00852. The van der Waals surface area contributed by atoms with Gasteiger partial charge in [0.25, 0.3) is 5.91 Å². The first-order chi connectivity index (χ1) is 10.2. The van der Waals surface area contributed by atoms with Crippen LogP contribution >= 0.6 is 11.3 Å². The van der Waals surface area contributed by atoms with E-state index in [4.69, 9.17) is 15.2 Å². The van der Waals surface area contributed by atoms with Gasteiger partial charge in [-0.2, -0.15) is 0 Å². The first-order valence-corrected chi connectivity index (χ1v) is 8.22. The van der Waals surface area contributed by atoms with Crippen molar-refractivity contribution in [1.82, 2.24) is 4.90 Å². The first kappa shape index (κ1) is 16.3. The molecule has 1 aliphatic rings. The number of piperidine rings is 1. The standard InChI is InChI=1S/C15H24N2O3S/c1-11-10-13(19-2)14(21-11)15(18)17-7-4-12(5-8-17)20-9-3-6-16/h10,12H,3-9,16H2,1-2H3. The summed E-state index contributed by atoms with van der Waals surface area (Å²) in [5, 5.41) is 0. The smallest absolute Gasteiger partial charge is 0.267 e. The average Bonchev–Trinajstić information content (AvgIpc) is 2.88. The summed E-state index contributed by atoms with van der Waals surface area (Å²) >= 11 is 1.50. The highest BCUT2D eigenvalue weighted by molar-refractivity contribution is 7.14. The fraction of sp³-hybridized carbons (Fsp3) is 0.667. The van der Waals surface area contributed by atoms with Gasteiger partial charge in [-0.3, -0.25) is 4.79 Å². The molecule has 1 saturated heterocycles. The Morgan fingerprint density at radius 3 is 2.81 bits per heavy atom. The van der Waals surface area contributed by atoms with Crippen LogP contribution in [0.5, 0.6) is 5.75 Å². The molecule has 1 aliphatic heterocycles. The van der Waals surface area contributed by atoms with E-state index in [0.29, 0.717) is 23.8 Å². The van der Waals surface area contributed by atoms with Gasteiger partial charge in [0.2, 0.25) is 0 Å². The Labute approximate surface area is 130 Å². The van der Waals surface area contributed by atoms with E-state index < -0.39 is 0 Å². The number of hydrogen-bond donors (Lipinski definition) is 1. The Balaban J connectivity index is 1.88. The second kappa shape index (κ2) is 7.77. The van der Waals surface area contributed by atoms with Crippen molar-refractivity contribution in [2.45, 2.75) is 32.3 Å². The largest absolute Gasteiger partial charge is 0.495 e. The van der Waals surface area contributed by atoms with E-state index in [2.05, 4.69) is 0 Å². The van der Waals surface area contributed by atoms with Crippen LogP contribution < -0.4 is 10.5 Å². The van der Waals surface area contributed by atoms with Crippen LogP contribution in [0, 0.1) is 6.92 Å². The van der Waals surface area contributed by atoms with Gasteiger partial charge in [-0.25, -0.2) is 0 Å².